The SMILES string of the molecule is COC(=O)C(Cc1ccc(-n2ccn(-c3ccc(C#N)cc3)c2=O)cc1)N(Cc1ccccc1)Cc1ccccc1. The molecule has 0 fully saturated rings. The molecular weight excluding hydrogens is 512 g/mol. The predicted octanol–water partition coefficient (Wildman–Crippen LogP) is 5.29. The first-order chi connectivity index (χ1) is 20.1. The number of esters is 1. The Bertz CT molecular complexity index is 1640. The van der Waals surface area contributed by atoms with Crippen molar-refractivity contribution in [2.75, 3.05) is 7.11 Å². The van der Waals surface area contributed by atoms with Gasteiger partial charge in [-0.3, -0.25) is 18.8 Å². The van der Waals surface area contributed by atoms with Gasteiger partial charge in [0.1, 0.15) is 6.04 Å². The van der Waals surface area contributed by atoms with Gasteiger partial charge in [0.05, 0.1) is 30.1 Å². The Kier molecular flexibility index (Phi) is 8.53. The van der Waals surface area contributed by atoms with Gasteiger partial charge in [0.25, 0.3) is 0 Å². The minimum absolute atomic E-state index is 0.216. The van der Waals surface area contributed by atoms with Crippen LogP contribution in [0.2, 0.25) is 0 Å². The molecule has 5 rings (SSSR count). The van der Waals surface area contributed by atoms with E-state index >= 15 is 0 Å². The molecule has 0 aliphatic heterocycles. The lowest BCUT2D eigenvalue weighted by atomic mass is 10.0. The first-order valence-electron chi connectivity index (χ1n) is 13.4. The molecule has 1 unspecified atom stereocenters. The van der Waals surface area contributed by atoms with E-state index in [0.717, 1.165) is 16.7 Å². The van der Waals surface area contributed by atoms with Crippen LogP contribution in [0, 0.1) is 11.3 Å². The van der Waals surface area contributed by atoms with Crippen LogP contribution >= 0.6 is 0 Å². The standard InChI is InChI=1S/C34H30N4O3/c1-41-33(39)32(36(24-28-8-4-2-5-9-28)25-29-10-6-3-7-11-29)22-26-12-16-30(17-13-26)37-20-21-38(34(37)40)31-18-14-27(23-35)15-19-31/h2-21,32H,22,24-25H2,1H3. The highest BCUT2D eigenvalue weighted by atomic mass is 16.5. The van der Waals surface area contributed by atoms with Gasteiger partial charge < -0.3 is 4.74 Å². The Morgan fingerprint density at radius 3 is 1.71 bits per heavy atom. The van der Waals surface area contributed by atoms with Crippen molar-refractivity contribution in [3.05, 3.63) is 154 Å². The number of ether oxygens (including phenoxy) is 1. The van der Waals surface area contributed by atoms with Crippen molar-refractivity contribution in [1.82, 2.24) is 14.0 Å². The number of imidazole rings is 1. The molecule has 7 heteroatoms. The average molecular weight is 543 g/mol. The zero-order valence-corrected chi connectivity index (χ0v) is 22.8. The minimum Gasteiger partial charge on any atom is -0.468 e. The van der Waals surface area contributed by atoms with E-state index in [-0.39, 0.29) is 11.7 Å². The smallest absolute Gasteiger partial charge is 0.337 e. The zero-order chi connectivity index (χ0) is 28.6. The Morgan fingerprint density at radius 2 is 1.24 bits per heavy atom. The average Bonchev–Trinajstić information content (AvgIpc) is 3.41. The van der Waals surface area contributed by atoms with Crippen molar-refractivity contribution < 1.29 is 9.53 Å². The lowest BCUT2D eigenvalue weighted by Gasteiger charge is -2.30. The molecular formula is C34H30N4O3. The molecule has 0 saturated heterocycles. The first-order valence-corrected chi connectivity index (χ1v) is 13.4. The molecule has 0 radical (unpaired) electrons. The molecule has 0 aliphatic carbocycles. The number of nitrogens with zero attached hydrogens (tertiary/aromatic N) is 4. The van der Waals surface area contributed by atoms with Gasteiger partial charge in [-0.2, -0.15) is 5.26 Å². The third-order valence-electron chi connectivity index (χ3n) is 7.07. The molecule has 204 valence electrons. The van der Waals surface area contributed by atoms with Crippen LogP contribution in [-0.2, 0) is 29.0 Å². The summed E-state index contributed by atoms with van der Waals surface area (Å²) in [4.78, 5) is 28.4. The zero-order valence-electron chi connectivity index (χ0n) is 22.8. The third kappa shape index (κ3) is 6.52. The fraction of sp³-hybridized carbons (Fsp3) is 0.147. The van der Waals surface area contributed by atoms with Gasteiger partial charge in [-0.25, -0.2) is 4.79 Å². The second kappa shape index (κ2) is 12.8. The predicted molar refractivity (Wildman–Crippen MR) is 158 cm³/mol. The van der Waals surface area contributed by atoms with E-state index in [1.165, 1.54) is 11.7 Å². The summed E-state index contributed by atoms with van der Waals surface area (Å²) in [5, 5.41) is 9.04. The molecule has 0 amide bonds. The first kappa shape index (κ1) is 27.4. The molecule has 0 bridgehead atoms. The van der Waals surface area contributed by atoms with Crippen molar-refractivity contribution in [1.29, 1.82) is 5.26 Å². The van der Waals surface area contributed by atoms with Gasteiger partial charge in [-0.15, -0.1) is 0 Å². The second-order valence-corrected chi connectivity index (χ2v) is 9.77. The highest BCUT2D eigenvalue weighted by Crippen LogP contribution is 2.19. The maximum absolute atomic E-state index is 13.1. The van der Waals surface area contributed by atoms with Gasteiger partial charge in [0.15, 0.2) is 0 Å². The lowest BCUT2D eigenvalue weighted by Crippen LogP contribution is -2.42. The summed E-state index contributed by atoms with van der Waals surface area (Å²) in [6.07, 6.45) is 3.87. The second-order valence-electron chi connectivity index (χ2n) is 9.77. The van der Waals surface area contributed by atoms with Crippen molar-refractivity contribution in [2.45, 2.75) is 25.6 Å². The Balaban J connectivity index is 1.39. The molecule has 4 aromatic carbocycles. The van der Waals surface area contributed by atoms with Crippen LogP contribution < -0.4 is 5.69 Å². The molecule has 1 heterocycles. The number of methoxy groups -OCH3 is 1. The molecule has 5 aromatic rings. The van der Waals surface area contributed by atoms with Crippen molar-refractivity contribution in [2.24, 2.45) is 0 Å². The van der Waals surface area contributed by atoms with Gasteiger partial charge in [0.2, 0.25) is 0 Å². The molecule has 0 N–H and O–H groups in total. The van der Waals surface area contributed by atoms with E-state index in [0.29, 0.717) is 36.4 Å². The Labute approximate surface area is 239 Å². The number of rotatable bonds is 10. The van der Waals surface area contributed by atoms with Crippen molar-refractivity contribution in [3.8, 4) is 17.4 Å². The maximum atomic E-state index is 13.1. The van der Waals surface area contributed by atoms with Crippen LogP contribution in [0.15, 0.2) is 126 Å². The number of hydrogen-bond acceptors (Lipinski definition) is 5. The van der Waals surface area contributed by atoms with Crippen LogP contribution in [0.5, 0.6) is 0 Å². The summed E-state index contributed by atoms with van der Waals surface area (Å²) >= 11 is 0. The van der Waals surface area contributed by atoms with Gasteiger partial charge in [0, 0.05) is 25.5 Å². The molecule has 0 spiro atoms. The quantitative estimate of drug-likeness (QED) is 0.224. The monoisotopic (exact) mass is 542 g/mol. The molecule has 1 aromatic heterocycles. The maximum Gasteiger partial charge on any atom is 0.337 e. The fourth-order valence-corrected chi connectivity index (χ4v) is 4.89. The van der Waals surface area contributed by atoms with E-state index in [4.69, 9.17) is 10.00 Å². The van der Waals surface area contributed by atoms with Crippen LogP contribution in [0.25, 0.3) is 11.4 Å². The normalized spacial score (nSPS) is 11.6. The van der Waals surface area contributed by atoms with E-state index in [9.17, 15) is 9.59 Å². The summed E-state index contributed by atoms with van der Waals surface area (Å²) in [7, 11) is 1.42. The van der Waals surface area contributed by atoms with E-state index in [1.54, 1.807) is 41.2 Å². The number of benzene rings is 4. The summed E-state index contributed by atoms with van der Waals surface area (Å²) in [6.45, 7) is 1.18. The van der Waals surface area contributed by atoms with Gasteiger partial charge in [-0.05, 0) is 59.5 Å². The van der Waals surface area contributed by atoms with E-state index in [2.05, 4.69) is 35.2 Å². The van der Waals surface area contributed by atoms with Crippen LogP contribution in [0.3, 0.4) is 0 Å². The summed E-state index contributed by atoms with van der Waals surface area (Å²) in [5.41, 5.74) is 4.89. The highest BCUT2D eigenvalue weighted by molar-refractivity contribution is 5.76. The summed E-state index contributed by atoms with van der Waals surface area (Å²) in [5.74, 6) is -0.295. The lowest BCUT2D eigenvalue weighted by molar-refractivity contribution is -0.147. The minimum atomic E-state index is -0.508. The molecule has 0 aliphatic rings. The molecule has 1 atom stereocenters. The van der Waals surface area contributed by atoms with Crippen molar-refractivity contribution >= 4 is 5.97 Å². The summed E-state index contributed by atoms with van der Waals surface area (Å²) in [6, 6.07) is 36.3. The van der Waals surface area contributed by atoms with Crippen molar-refractivity contribution in [3.63, 3.8) is 0 Å². The topological polar surface area (TPSA) is 80.3 Å². The van der Waals surface area contributed by atoms with E-state index in [1.807, 2.05) is 60.7 Å². The van der Waals surface area contributed by atoms with Gasteiger partial charge >= 0.3 is 11.7 Å². The number of carbonyl (C=O) groups excluding carboxylic acids is 1. The Morgan fingerprint density at radius 1 is 0.756 bits per heavy atom. The molecule has 41 heavy (non-hydrogen) atoms. The molecule has 0 saturated carbocycles. The number of carbonyl (C=O) groups is 1. The highest BCUT2D eigenvalue weighted by Gasteiger charge is 2.27. The van der Waals surface area contributed by atoms with Crippen LogP contribution in [-0.4, -0.2) is 33.2 Å². The third-order valence-corrected chi connectivity index (χ3v) is 7.07. The summed E-state index contributed by atoms with van der Waals surface area (Å²) < 4.78 is 8.36. The molecule has 7 nitrogen and oxygen atoms in total. The van der Waals surface area contributed by atoms with Gasteiger partial charge in [-0.1, -0.05) is 72.8 Å². The largest absolute Gasteiger partial charge is 0.468 e. The number of aromatic nitrogens is 2. The van der Waals surface area contributed by atoms with Crippen LogP contribution in [0.1, 0.15) is 22.3 Å². The number of nitriles is 1. The van der Waals surface area contributed by atoms with E-state index < -0.39 is 6.04 Å². The number of hydrogen-bond donors (Lipinski definition) is 0. The van der Waals surface area contributed by atoms with Crippen LogP contribution in [0.4, 0.5) is 0 Å². The fourth-order valence-electron chi connectivity index (χ4n) is 4.89. The Hall–Kier alpha value is -5.19.